The summed E-state index contributed by atoms with van der Waals surface area (Å²) in [7, 11) is 0. The maximum absolute atomic E-state index is 13.4. The summed E-state index contributed by atoms with van der Waals surface area (Å²) in [6, 6.07) is 4.44. The lowest BCUT2D eigenvalue weighted by molar-refractivity contribution is -0.137. The van der Waals surface area contributed by atoms with E-state index in [0.717, 1.165) is 18.3 Å². The molecular weight excluding hydrogens is 296 g/mol. The van der Waals surface area contributed by atoms with Gasteiger partial charge in [-0.3, -0.25) is 9.59 Å². The molecule has 0 saturated carbocycles. The Morgan fingerprint density at radius 1 is 1.36 bits per heavy atom. The molecule has 0 spiro atoms. The molecule has 22 heavy (non-hydrogen) atoms. The molecule has 0 atom stereocenters. The van der Waals surface area contributed by atoms with Crippen LogP contribution in [0.1, 0.15) is 12.8 Å². The van der Waals surface area contributed by atoms with E-state index in [1.807, 2.05) is 0 Å². The van der Waals surface area contributed by atoms with E-state index in [4.69, 9.17) is 10.4 Å². The first-order valence-corrected chi connectivity index (χ1v) is 6.26. The summed E-state index contributed by atoms with van der Waals surface area (Å²) < 4.78 is 26.1. The third-order valence-electron chi connectivity index (χ3n) is 2.52. The van der Waals surface area contributed by atoms with Gasteiger partial charge in [-0.05, 0) is 18.6 Å². The number of benzene rings is 1. The SMILES string of the molecule is N#C/C(=C/Nc1ccc(F)cc1F)C(=O)NCCCC(=O)O. The quantitative estimate of drug-likeness (QED) is 0.405. The molecule has 0 heterocycles. The first kappa shape index (κ1) is 17.1. The van der Waals surface area contributed by atoms with Crippen molar-refractivity contribution >= 4 is 17.6 Å². The molecule has 3 N–H and O–H groups in total. The molecule has 1 aromatic rings. The Hall–Kier alpha value is -2.95. The van der Waals surface area contributed by atoms with Gasteiger partial charge >= 0.3 is 5.97 Å². The number of nitrogens with one attached hydrogen (secondary N) is 2. The summed E-state index contributed by atoms with van der Waals surface area (Å²) in [4.78, 5) is 21.9. The van der Waals surface area contributed by atoms with Gasteiger partial charge in [-0.1, -0.05) is 0 Å². The highest BCUT2D eigenvalue weighted by atomic mass is 19.1. The van der Waals surface area contributed by atoms with Gasteiger partial charge in [0.2, 0.25) is 0 Å². The van der Waals surface area contributed by atoms with E-state index < -0.39 is 23.5 Å². The number of aliphatic carboxylic acids is 1. The molecule has 1 aromatic carbocycles. The van der Waals surface area contributed by atoms with Crippen LogP contribution in [0.4, 0.5) is 14.5 Å². The van der Waals surface area contributed by atoms with Gasteiger partial charge in [-0.15, -0.1) is 0 Å². The van der Waals surface area contributed by atoms with Gasteiger partial charge in [-0.25, -0.2) is 8.78 Å². The Labute approximate surface area is 125 Å². The zero-order valence-corrected chi connectivity index (χ0v) is 11.4. The highest BCUT2D eigenvalue weighted by molar-refractivity contribution is 5.97. The minimum atomic E-state index is -0.987. The fraction of sp³-hybridized carbons (Fsp3) is 0.214. The molecule has 0 radical (unpaired) electrons. The Bertz CT molecular complexity index is 639. The number of carboxylic acids is 1. The van der Waals surface area contributed by atoms with Crippen molar-refractivity contribution in [2.75, 3.05) is 11.9 Å². The van der Waals surface area contributed by atoms with Crippen molar-refractivity contribution in [3.05, 3.63) is 41.6 Å². The second kappa shape index (κ2) is 8.36. The predicted octanol–water partition coefficient (Wildman–Crippen LogP) is 1.77. The first-order chi connectivity index (χ1) is 10.4. The van der Waals surface area contributed by atoms with Gasteiger partial charge in [0.25, 0.3) is 5.91 Å². The lowest BCUT2D eigenvalue weighted by atomic mass is 10.2. The molecule has 0 fully saturated rings. The number of nitriles is 1. The molecule has 8 heteroatoms. The molecule has 0 bridgehead atoms. The Morgan fingerprint density at radius 3 is 2.68 bits per heavy atom. The largest absolute Gasteiger partial charge is 0.481 e. The number of hydrogen-bond donors (Lipinski definition) is 3. The molecule has 1 amide bonds. The number of anilines is 1. The molecule has 1 rings (SSSR count). The molecule has 116 valence electrons. The monoisotopic (exact) mass is 309 g/mol. The Morgan fingerprint density at radius 2 is 2.09 bits per heavy atom. The normalized spacial score (nSPS) is 10.7. The third kappa shape index (κ3) is 5.58. The van der Waals surface area contributed by atoms with Crippen LogP contribution in [0.25, 0.3) is 0 Å². The maximum atomic E-state index is 13.4. The zero-order chi connectivity index (χ0) is 16.5. The minimum Gasteiger partial charge on any atom is -0.481 e. The van der Waals surface area contributed by atoms with Crippen molar-refractivity contribution in [1.82, 2.24) is 5.32 Å². The summed E-state index contributed by atoms with van der Waals surface area (Å²) >= 11 is 0. The van der Waals surface area contributed by atoms with Crippen LogP contribution in [0.5, 0.6) is 0 Å². The van der Waals surface area contributed by atoms with Crippen molar-refractivity contribution in [2.24, 2.45) is 0 Å². The van der Waals surface area contributed by atoms with E-state index in [9.17, 15) is 18.4 Å². The summed E-state index contributed by atoms with van der Waals surface area (Å²) in [5.74, 6) is -3.32. The Kier molecular flexibility index (Phi) is 6.50. The lowest BCUT2D eigenvalue weighted by Crippen LogP contribution is -2.26. The van der Waals surface area contributed by atoms with Crippen LogP contribution in [0, 0.1) is 23.0 Å². The van der Waals surface area contributed by atoms with Crippen LogP contribution in [0.3, 0.4) is 0 Å². The number of rotatable bonds is 7. The maximum Gasteiger partial charge on any atom is 0.303 e. The van der Waals surface area contributed by atoms with Crippen LogP contribution in [-0.2, 0) is 9.59 Å². The van der Waals surface area contributed by atoms with Crippen molar-refractivity contribution in [1.29, 1.82) is 5.26 Å². The van der Waals surface area contributed by atoms with Crippen molar-refractivity contribution in [3.8, 4) is 6.07 Å². The summed E-state index contributed by atoms with van der Waals surface area (Å²) in [5.41, 5.74) is -0.410. The van der Waals surface area contributed by atoms with Gasteiger partial charge in [0, 0.05) is 25.2 Å². The minimum absolute atomic E-state index is 0.0900. The molecule has 0 unspecified atom stereocenters. The van der Waals surface area contributed by atoms with Crippen LogP contribution in [0.15, 0.2) is 30.0 Å². The highest BCUT2D eigenvalue weighted by Crippen LogP contribution is 2.15. The van der Waals surface area contributed by atoms with E-state index in [1.165, 1.54) is 0 Å². The summed E-state index contributed by atoms with van der Waals surface area (Å²) in [6.45, 7) is 0.0923. The number of hydrogen-bond acceptors (Lipinski definition) is 4. The van der Waals surface area contributed by atoms with Crippen molar-refractivity contribution in [3.63, 3.8) is 0 Å². The molecular formula is C14H13F2N3O3. The number of carbonyl (C=O) groups excluding carboxylic acids is 1. The number of amides is 1. The Balaban J connectivity index is 2.60. The number of halogens is 2. The molecule has 0 aromatic heterocycles. The van der Waals surface area contributed by atoms with Gasteiger partial charge in [0.1, 0.15) is 23.3 Å². The van der Waals surface area contributed by atoms with Crippen molar-refractivity contribution in [2.45, 2.75) is 12.8 Å². The topological polar surface area (TPSA) is 102 Å². The number of carbonyl (C=O) groups is 2. The lowest BCUT2D eigenvalue weighted by Gasteiger charge is -2.05. The van der Waals surface area contributed by atoms with Crippen LogP contribution >= 0.6 is 0 Å². The van der Waals surface area contributed by atoms with Crippen LogP contribution in [0.2, 0.25) is 0 Å². The van der Waals surface area contributed by atoms with Gasteiger partial charge in [0.05, 0.1) is 5.69 Å². The van der Waals surface area contributed by atoms with E-state index in [1.54, 1.807) is 6.07 Å². The standard InChI is InChI=1S/C14H13F2N3O3/c15-10-3-4-12(11(16)6-10)19-8-9(7-17)14(22)18-5-1-2-13(20)21/h3-4,6,8,19H,1-2,5H2,(H,18,22)(H,20,21)/b9-8-. The van der Waals surface area contributed by atoms with Gasteiger partial charge in [-0.2, -0.15) is 5.26 Å². The molecule has 0 aliphatic carbocycles. The summed E-state index contributed by atoms with van der Waals surface area (Å²) in [6.07, 6.45) is 1.10. The van der Waals surface area contributed by atoms with E-state index in [-0.39, 0.29) is 30.6 Å². The highest BCUT2D eigenvalue weighted by Gasteiger charge is 2.09. The van der Waals surface area contributed by atoms with E-state index >= 15 is 0 Å². The average Bonchev–Trinajstić information content (AvgIpc) is 2.46. The molecule has 0 saturated heterocycles. The molecule has 0 aliphatic heterocycles. The fourth-order valence-electron chi connectivity index (χ4n) is 1.44. The predicted molar refractivity (Wildman–Crippen MR) is 73.6 cm³/mol. The molecule has 0 aliphatic rings. The second-order valence-electron chi connectivity index (χ2n) is 4.19. The fourth-order valence-corrected chi connectivity index (χ4v) is 1.44. The van der Waals surface area contributed by atoms with Crippen molar-refractivity contribution < 1.29 is 23.5 Å². The average molecular weight is 309 g/mol. The van der Waals surface area contributed by atoms with E-state index in [0.29, 0.717) is 6.07 Å². The first-order valence-electron chi connectivity index (χ1n) is 6.26. The van der Waals surface area contributed by atoms with E-state index in [2.05, 4.69) is 10.6 Å². The van der Waals surface area contributed by atoms with Gasteiger partial charge < -0.3 is 15.7 Å². The molecule has 6 nitrogen and oxygen atoms in total. The third-order valence-corrected chi connectivity index (χ3v) is 2.52. The summed E-state index contributed by atoms with van der Waals surface area (Å²) in [5, 5.41) is 22.1. The number of carboxylic acid groups (broad SMARTS) is 1. The number of nitrogens with zero attached hydrogens (tertiary/aromatic N) is 1. The van der Waals surface area contributed by atoms with Crippen LogP contribution < -0.4 is 10.6 Å². The second-order valence-corrected chi connectivity index (χ2v) is 4.19. The van der Waals surface area contributed by atoms with Gasteiger partial charge in [0.15, 0.2) is 0 Å². The smallest absolute Gasteiger partial charge is 0.303 e. The van der Waals surface area contributed by atoms with Crippen LogP contribution in [-0.4, -0.2) is 23.5 Å². The zero-order valence-electron chi connectivity index (χ0n) is 11.4.